The summed E-state index contributed by atoms with van der Waals surface area (Å²) < 4.78 is 0. The molecule has 3 nitrogen and oxygen atoms in total. The van der Waals surface area contributed by atoms with Gasteiger partial charge in [-0.05, 0) is 44.4 Å². The lowest BCUT2D eigenvalue weighted by Crippen LogP contribution is -2.44. The molecule has 1 aromatic rings. The Morgan fingerprint density at radius 2 is 1.94 bits per heavy atom. The fourth-order valence-electron chi connectivity index (χ4n) is 2.31. The molecule has 0 spiro atoms. The van der Waals surface area contributed by atoms with Crippen LogP contribution in [0.5, 0.6) is 0 Å². The SMILES string of the molecule is CCC(C)(CC(C)(C)CNc1ccccn1)NC. The van der Waals surface area contributed by atoms with Gasteiger partial charge in [-0.15, -0.1) is 0 Å². The summed E-state index contributed by atoms with van der Waals surface area (Å²) >= 11 is 0. The molecule has 1 heterocycles. The van der Waals surface area contributed by atoms with Gasteiger partial charge in [0.15, 0.2) is 0 Å². The lowest BCUT2D eigenvalue weighted by Gasteiger charge is -2.37. The third-order valence-electron chi connectivity index (χ3n) is 3.67. The topological polar surface area (TPSA) is 37.0 Å². The third kappa shape index (κ3) is 4.65. The van der Waals surface area contributed by atoms with E-state index in [1.165, 1.54) is 0 Å². The highest BCUT2D eigenvalue weighted by atomic mass is 15.0. The molecule has 0 aliphatic rings. The highest BCUT2D eigenvalue weighted by Gasteiger charge is 2.29. The second-order valence-electron chi connectivity index (χ2n) is 6.07. The highest BCUT2D eigenvalue weighted by molar-refractivity contribution is 5.33. The normalized spacial score (nSPS) is 15.2. The summed E-state index contributed by atoms with van der Waals surface area (Å²) in [6.07, 6.45) is 4.09. The summed E-state index contributed by atoms with van der Waals surface area (Å²) in [6, 6.07) is 5.95. The van der Waals surface area contributed by atoms with Crippen LogP contribution in [0.4, 0.5) is 5.82 Å². The average Bonchev–Trinajstić information content (AvgIpc) is 2.37. The van der Waals surface area contributed by atoms with Gasteiger partial charge in [0.25, 0.3) is 0 Å². The van der Waals surface area contributed by atoms with E-state index in [9.17, 15) is 0 Å². The van der Waals surface area contributed by atoms with Gasteiger partial charge in [-0.3, -0.25) is 0 Å². The van der Waals surface area contributed by atoms with Crippen LogP contribution in [0.3, 0.4) is 0 Å². The quantitative estimate of drug-likeness (QED) is 0.778. The number of nitrogens with zero attached hydrogens (tertiary/aromatic N) is 1. The molecule has 0 bridgehead atoms. The fourth-order valence-corrected chi connectivity index (χ4v) is 2.31. The highest BCUT2D eigenvalue weighted by Crippen LogP contribution is 2.29. The van der Waals surface area contributed by atoms with E-state index >= 15 is 0 Å². The standard InChI is InChI=1S/C15H27N3/c1-6-15(4,16-5)11-14(2,3)12-18-13-9-7-8-10-17-13/h7-10,16H,6,11-12H2,1-5H3,(H,17,18). The van der Waals surface area contributed by atoms with Crippen LogP contribution in [0, 0.1) is 5.41 Å². The van der Waals surface area contributed by atoms with Gasteiger partial charge in [0.1, 0.15) is 5.82 Å². The number of anilines is 1. The predicted octanol–water partition coefficient (Wildman–Crippen LogP) is 3.30. The van der Waals surface area contributed by atoms with Crippen LogP contribution in [0.1, 0.15) is 40.5 Å². The second-order valence-corrected chi connectivity index (χ2v) is 6.07. The van der Waals surface area contributed by atoms with Crippen molar-refractivity contribution in [2.45, 2.75) is 46.1 Å². The zero-order valence-corrected chi connectivity index (χ0v) is 12.4. The van der Waals surface area contributed by atoms with Gasteiger partial charge in [0.2, 0.25) is 0 Å². The van der Waals surface area contributed by atoms with E-state index in [1.807, 2.05) is 31.4 Å². The van der Waals surface area contributed by atoms with Crippen molar-refractivity contribution >= 4 is 5.82 Å². The number of hydrogen-bond donors (Lipinski definition) is 2. The molecule has 0 aliphatic carbocycles. The summed E-state index contributed by atoms with van der Waals surface area (Å²) in [6.45, 7) is 10.1. The zero-order chi connectivity index (χ0) is 13.6. The smallest absolute Gasteiger partial charge is 0.125 e. The largest absolute Gasteiger partial charge is 0.370 e. The molecule has 1 unspecified atom stereocenters. The predicted molar refractivity (Wildman–Crippen MR) is 78.9 cm³/mol. The zero-order valence-electron chi connectivity index (χ0n) is 12.4. The molecule has 1 rings (SSSR count). The molecule has 0 saturated heterocycles. The lowest BCUT2D eigenvalue weighted by molar-refractivity contribution is 0.223. The van der Waals surface area contributed by atoms with Gasteiger partial charge in [-0.25, -0.2) is 4.98 Å². The van der Waals surface area contributed by atoms with E-state index in [0.717, 1.165) is 25.2 Å². The van der Waals surface area contributed by atoms with Gasteiger partial charge < -0.3 is 10.6 Å². The summed E-state index contributed by atoms with van der Waals surface area (Å²) in [4.78, 5) is 4.29. The Balaban J connectivity index is 2.54. The van der Waals surface area contributed by atoms with Crippen molar-refractivity contribution in [1.82, 2.24) is 10.3 Å². The van der Waals surface area contributed by atoms with Crippen molar-refractivity contribution in [2.75, 3.05) is 18.9 Å². The van der Waals surface area contributed by atoms with Crippen molar-refractivity contribution in [3.63, 3.8) is 0 Å². The minimum Gasteiger partial charge on any atom is -0.370 e. The molecule has 1 aromatic heterocycles. The Hall–Kier alpha value is -1.09. The molecule has 3 heteroatoms. The number of hydrogen-bond acceptors (Lipinski definition) is 3. The molecular weight excluding hydrogens is 222 g/mol. The van der Waals surface area contributed by atoms with E-state index in [2.05, 4.69) is 43.3 Å². The monoisotopic (exact) mass is 249 g/mol. The van der Waals surface area contributed by atoms with Crippen LogP contribution in [-0.2, 0) is 0 Å². The maximum absolute atomic E-state index is 4.29. The first-order chi connectivity index (χ1) is 8.41. The summed E-state index contributed by atoms with van der Waals surface area (Å²) in [5, 5.41) is 6.86. The van der Waals surface area contributed by atoms with Crippen molar-refractivity contribution in [3.05, 3.63) is 24.4 Å². The van der Waals surface area contributed by atoms with E-state index < -0.39 is 0 Å². The Morgan fingerprint density at radius 3 is 2.44 bits per heavy atom. The molecule has 0 saturated carbocycles. The first-order valence-electron chi connectivity index (χ1n) is 6.75. The molecule has 0 aromatic carbocycles. The third-order valence-corrected chi connectivity index (χ3v) is 3.67. The van der Waals surface area contributed by atoms with Crippen LogP contribution in [0.2, 0.25) is 0 Å². The summed E-state index contributed by atoms with van der Waals surface area (Å²) in [5.41, 5.74) is 0.431. The number of nitrogens with one attached hydrogen (secondary N) is 2. The van der Waals surface area contributed by atoms with Gasteiger partial charge in [-0.1, -0.05) is 26.8 Å². The van der Waals surface area contributed by atoms with Gasteiger partial charge in [0.05, 0.1) is 0 Å². The average molecular weight is 249 g/mol. The van der Waals surface area contributed by atoms with E-state index in [-0.39, 0.29) is 11.0 Å². The molecular formula is C15H27N3. The van der Waals surface area contributed by atoms with Crippen molar-refractivity contribution < 1.29 is 0 Å². The molecule has 0 radical (unpaired) electrons. The molecule has 0 fully saturated rings. The molecule has 1 atom stereocenters. The van der Waals surface area contributed by atoms with Crippen LogP contribution in [0.15, 0.2) is 24.4 Å². The summed E-state index contributed by atoms with van der Waals surface area (Å²) in [5.74, 6) is 0.952. The van der Waals surface area contributed by atoms with Gasteiger partial charge in [0, 0.05) is 18.3 Å². The van der Waals surface area contributed by atoms with E-state index in [0.29, 0.717) is 0 Å². The maximum atomic E-state index is 4.29. The molecule has 102 valence electrons. The fraction of sp³-hybridized carbons (Fsp3) is 0.667. The Labute approximate surface area is 111 Å². The van der Waals surface area contributed by atoms with Crippen LogP contribution < -0.4 is 10.6 Å². The lowest BCUT2D eigenvalue weighted by atomic mass is 9.78. The van der Waals surface area contributed by atoms with Crippen molar-refractivity contribution in [2.24, 2.45) is 5.41 Å². The molecule has 2 N–H and O–H groups in total. The van der Waals surface area contributed by atoms with Gasteiger partial charge >= 0.3 is 0 Å². The number of pyridine rings is 1. The maximum Gasteiger partial charge on any atom is 0.125 e. The molecule has 0 aliphatic heterocycles. The van der Waals surface area contributed by atoms with Crippen LogP contribution >= 0.6 is 0 Å². The molecule has 18 heavy (non-hydrogen) atoms. The summed E-state index contributed by atoms with van der Waals surface area (Å²) in [7, 11) is 2.05. The van der Waals surface area contributed by atoms with Crippen molar-refractivity contribution in [1.29, 1.82) is 0 Å². The Morgan fingerprint density at radius 1 is 1.22 bits per heavy atom. The first kappa shape index (κ1) is 15.0. The molecule has 0 amide bonds. The van der Waals surface area contributed by atoms with Crippen LogP contribution in [-0.4, -0.2) is 24.1 Å². The number of rotatable bonds is 7. The van der Waals surface area contributed by atoms with E-state index in [4.69, 9.17) is 0 Å². The van der Waals surface area contributed by atoms with Gasteiger partial charge in [-0.2, -0.15) is 0 Å². The Kier molecular flexibility index (Phi) is 5.15. The minimum absolute atomic E-state index is 0.204. The van der Waals surface area contributed by atoms with Crippen molar-refractivity contribution in [3.8, 4) is 0 Å². The minimum atomic E-state index is 0.204. The Bertz CT molecular complexity index is 342. The van der Waals surface area contributed by atoms with Crippen LogP contribution in [0.25, 0.3) is 0 Å². The van der Waals surface area contributed by atoms with E-state index in [1.54, 1.807) is 0 Å². The number of aromatic nitrogens is 1. The first-order valence-corrected chi connectivity index (χ1v) is 6.75. The second kappa shape index (κ2) is 6.19.